The number of likely N-dealkylation sites (tertiary alicyclic amines) is 1. The van der Waals surface area contributed by atoms with Gasteiger partial charge < -0.3 is 5.73 Å². The molecule has 0 aromatic rings. The largest absolute Gasteiger partial charge is 0.326 e. The molecule has 1 heterocycles. The van der Waals surface area contributed by atoms with Crippen LogP contribution in [-0.4, -0.2) is 29.6 Å². The van der Waals surface area contributed by atoms with Gasteiger partial charge in [0.25, 0.3) is 0 Å². The minimum Gasteiger partial charge on any atom is -0.326 e. The van der Waals surface area contributed by atoms with Crippen molar-refractivity contribution < 1.29 is 0 Å². The predicted molar refractivity (Wildman–Crippen MR) is 62.3 cm³/mol. The van der Waals surface area contributed by atoms with E-state index in [1.54, 1.807) is 0 Å². The lowest BCUT2D eigenvalue weighted by Crippen LogP contribution is -2.53. The van der Waals surface area contributed by atoms with Gasteiger partial charge in [-0.3, -0.25) is 4.90 Å². The Kier molecular flexibility index (Phi) is 4.39. The number of nitrogens with two attached hydrogens (primary N) is 1. The number of hydrogen-bond donors (Lipinski definition) is 1. The second kappa shape index (κ2) is 5.13. The zero-order chi connectivity index (χ0) is 10.7. The molecule has 0 aromatic heterocycles. The van der Waals surface area contributed by atoms with Gasteiger partial charge in [-0.15, -0.1) is 0 Å². The smallest absolute Gasteiger partial charge is 0.0221 e. The number of rotatable bonds is 3. The van der Waals surface area contributed by atoms with E-state index in [9.17, 15) is 0 Å². The van der Waals surface area contributed by atoms with Crippen LogP contribution in [-0.2, 0) is 0 Å². The van der Waals surface area contributed by atoms with Crippen LogP contribution in [0.3, 0.4) is 0 Å². The highest BCUT2D eigenvalue weighted by atomic mass is 15.2. The first-order valence-corrected chi connectivity index (χ1v) is 6.09. The molecule has 2 heteroatoms. The third-order valence-electron chi connectivity index (χ3n) is 4.04. The molecule has 0 radical (unpaired) electrons. The molecular weight excluding hydrogens is 172 g/mol. The van der Waals surface area contributed by atoms with Gasteiger partial charge in [0.15, 0.2) is 0 Å². The average Bonchev–Trinajstić information content (AvgIpc) is 2.20. The zero-order valence-corrected chi connectivity index (χ0v) is 10.2. The van der Waals surface area contributed by atoms with Gasteiger partial charge in [-0.25, -0.2) is 0 Å². The molecule has 84 valence electrons. The first kappa shape index (κ1) is 12.0. The summed E-state index contributed by atoms with van der Waals surface area (Å²) in [5, 5.41) is 0. The molecule has 14 heavy (non-hydrogen) atoms. The van der Waals surface area contributed by atoms with Crippen molar-refractivity contribution in [2.45, 2.75) is 65.1 Å². The Morgan fingerprint density at radius 1 is 1.43 bits per heavy atom. The van der Waals surface area contributed by atoms with Gasteiger partial charge in [-0.05, 0) is 45.6 Å². The maximum absolute atomic E-state index is 6.11. The van der Waals surface area contributed by atoms with Gasteiger partial charge in [-0.2, -0.15) is 0 Å². The third kappa shape index (κ3) is 2.48. The molecule has 0 spiro atoms. The Bertz CT molecular complexity index is 170. The molecule has 2 nitrogen and oxygen atoms in total. The van der Waals surface area contributed by atoms with Crippen molar-refractivity contribution in [3.05, 3.63) is 0 Å². The highest BCUT2D eigenvalue weighted by molar-refractivity contribution is 4.86. The summed E-state index contributed by atoms with van der Waals surface area (Å²) in [5.41, 5.74) is 6.11. The summed E-state index contributed by atoms with van der Waals surface area (Å²) >= 11 is 0. The van der Waals surface area contributed by atoms with Crippen LogP contribution in [0.15, 0.2) is 0 Å². The van der Waals surface area contributed by atoms with Crippen LogP contribution in [0, 0.1) is 5.92 Å². The summed E-state index contributed by atoms with van der Waals surface area (Å²) in [6, 6.07) is 1.58. The van der Waals surface area contributed by atoms with Crippen molar-refractivity contribution in [2.24, 2.45) is 11.7 Å². The molecule has 4 unspecified atom stereocenters. The first-order chi connectivity index (χ1) is 6.57. The van der Waals surface area contributed by atoms with Crippen molar-refractivity contribution in [2.75, 3.05) is 6.54 Å². The van der Waals surface area contributed by atoms with Crippen molar-refractivity contribution >= 4 is 0 Å². The van der Waals surface area contributed by atoms with Crippen molar-refractivity contribution in [3.63, 3.8) is 0 Å². The minimum atomic E-state index is 0.336. The standard InChI is InChI=1S/C12H26N2/c1-5-12(13)11(4)14-8-6-7-9(2)10(14)3/h9-12H,5-8,13H2,1-4H3. The van der Waals surface area contributed by atoms with E-state index in [0.29, 0.717) is 18.1 Å². The van der Waals surface area contributed by atoms with E-state index in [-0.39, 0.29) is 0 Å². The summed E-state index contributed by atoms with van der Waals surface area (Å²) < 4.78 is 0. The molecule has 1 fully saturated rings. The average molecular weight is 198 g/mol. The monoisotopic (exact) mass is 198 g/mol. The Balaban J connectivity index is 2.57. The van der Waals surface area contributed by atoms with E-state index < -0.39 is 0 Å². The van der Waals surface area contributed by atoms with Crippen molar-refractivity contribution in [1.29, 1.82) is 0 Å². The third-order valence-corrected chi connectivity index (χ3v) is 4.04. The van der Waals surface area contributed by atoms with Gasteiger partial charge in [0, 0.05) is 18.1 Å². The molecule has 0 saturated carbocycles. The second-order valence-electron chi connectivity index (χ2n) is 4.91. The van der Waals surface area contributed by atoms with Crippen LogP contribution in [0.4, 0.5) is 0 Å². The summed E-state index contributed by atoms with van der Waals surface area (Å²) in [7, 11) is 0. The maximum Gasteiger partial charge on any atom is 0.0221 e. The summed E-state index contributed by atoms with van der Waals surface area (Å²) in [4.78, 5) is 2.60. The van der Waals surface area contributed by atoms with E-state index >= 15 is 0 Å². The van der Waals surface area contributed by atoms with E-state index in [4.69, 9.17) is 5.73 Å². The molecule has 0 amide bonds. The Labute approximate surface area is 88.8 Å². The fourth-order valence-electron chi connectivity index (χ4n) is 2.53. The Morgan fingerprint density at radius 3 is 2.64 bits per heavy atom. The predicted octanol–water partition coefficient (Wildman–Crippen LogP) is 2.23. The van der Waals surface area contributed by atoms with Gasteiger partial charge >= 0.3 is 0 Å². The maximum atomic E-state index is 6.11. The number of piperidine rings is 1. The molecule has 4 atom stereocenters. The van der Waals surface area contributed by atoms with Gasteiger partial charge in [0.2, 0.25) is 0 Å². The summed E-state index contributed by atoms with van der Waals surface area (Å²) in [6.45, 7) is 10.4. The van der Waals surface area contributed by atoms with Crippen molar-refractivity contribution in [1.82, 2.24) is 4.90 Å². The summed E-state index contributed by atoms with van der Waals surface area (Å²) in [5.74, 6) is 0.829. The van der Waals surface area contributed by atoms with Gasteiger partial charge in [0.05, 0.1) is 0 Å². The lowest BCUT2D eigenvalue weighted by atomic mass is 9.89. The van der Waals surface area contributed by atoms with E-state index in [1.807, 2.05) is 0 Å². The van der Waals surface area contributed by atoms with Crippen LogP contribution in [0.2, 0.25) is 0 Å². The van der Waals surface area contributed by atoms with Crippen LogP contribution < -0.4 is 5.73 Å². The van der Waals surface area contributed by atoms with Crippen molar-refractivity contribution in [3.8, 4) is 0 Å². The number of hydrogen-bond acceptors (Lipinski definition) is 2. The normalized spacial score (nSPS) is 34.1. The Morgan fingerprint density at radius 2 is 2.07 bits per heavy atom. The highest BCUT2D eigenvalue weighted by Gasteiger charge is 2.29. The fourth-order valence-corrected chi connectivity index (χ4v) is 2.53. The molecular formula is C12H26N2. The molecule has 1 saturated heterocycles. The lowest BCUT2D eigenvalue weighted by Gasteiger charge is -2.43. The van der Waals surface area contributed by atoms with Crippen LogP contribution >= 0.6 is 0 Å². The fraction of sp³-hybridized carbons (Fsp3) is 1.00. The van der Waals surface area contributed by atoms with E-state index in [1.165, 1.54) is 19.4 Å². The van der Waals surface area contributed by atoms with Gasteiger partial charge in [0.1, 0.15) is 0 Å². The Hall–Kier alpha value is -0.0800. The molecule has 1 rings (SSSR count). The molecule has 2 N–H and O–H groups in total. The zero-order valence-electron chi connectivity index (χ0n) is 10.2. The summed E-state index contributed by atoms with van der Waals surface area (Å²) in [6.07, 6.45) is 3.80. The van der Waals surface area contributed by atoms with E-state index in [2.05, 4.69) is 32.6 Å². The highest BCUT2D eigenvalue weighted by Crippen LogP contribution is 2.25. The quantitative estimate of drug-likeness (QED) is 0.753. The molecule has 0 bridgehead atoms. The van der Waals surface area contributed by atoms with Crippen LogP contribution in [0.5, 0.6) is 0 Å². The molecule has 1 aliphatic heterocycles. The van der Waals surface area contributed by atoms with Crippen LogP contribution in [0.25, 0.3) is 0 Å². The topological polar surface area (TPSA) is 29.3 Å². The SMILES string of the molecule is CCC(N)C(C)N1CCCC(C)C1C. The molecule has 1 aliphatic rings. The second-order valence-corrected chi connectivity index (χ2v) is 4.91. The van der Waals surface area contributed by atoms with E-state index in [0.717, 1.165) is 12.3 Å². The first-order valence-electron chi connectivity index (χ1n) is 6.09. The molecule has 0 aromatic carbocycles. The lowest BCUT2D eigenvalue weighted by molar-refractivity contribution is 0.0635. The molecule has 0 aliphatic carbocycles. The van der Waals surface area contributed by atoms with Crippen LogP contribution in [0.1, 0.15) is 47.0 Å². The minimum absolute atomic E-state index is 0.336. The number of nitrogens with zero attached hydrogens (tertiary/aromatic N) is 1. The van der Waals surface area contributed by atoms with Gasteiger partial charge in [-0.1, -0.05) is 13.8 Å².